The molecule has 25 heavy (non-hydrogen) atoms. The van der Waals surface area contributed by atoms with Crippen LogP contribution < -0.4 is 5.32 Å². The number of hydrogen-bond donors (Lipinski definition) is 1. The molecule has 0 fully saturated rings. The molecule has 0 saturated heterocycles. The lowest BCUT2D eigenvalue weighted by atomic mass is 10.2. The van der Waals surface area contributed by atoms with Gasteiger partial charge in [-0.25, -0.2) is 14.5 Å². The second-order valence-corrected chi connectivity index (χ2v) is 6.39. The first-order chi connectivity index (χ1) is 12.0. The Bertz CT molecular complexity index is 928. The van der Waals surface area contributed by atoms with Crippen molar-refractivity contribution in [1.82, 2.24) is 14.8 Å². The van der Waals surface area contributed by atoms with Crippen LogP contribution in [0.2, 0.25) is 0 Å². The minimum absolute atomic E-state index is 0.300. The SMILES string of the molecule is COC(=O)c1cnc(NC(=O)c2ccc(-n3nc(C)cc3C)cc2)s1. The second-order valence-electron chi connectivity index (χ2n) is 5.36. The minimum atomic E-state index is -0.479. The molecule has 1 amide bonds. The lowest BCUT2D eigenvalue weighted by Gasteiger charge is -2.06. The molecular formula is C17H16N4O3S. The Labute approximate surface area is 148 Å². The Morgan fingerprint density at radius 2 is 1.92 bits per heavy atom. The van der Waals surface area contributed by atoms with Crippen molar-refractivity contribution < 1.29 is 14.3 Å². The first-order valence-electron chi connectivity index (χ1n) is 7.47. The summed E-state index contributed by atoms with van der Waals surface area (Å²) in [4.78, 5) is 28.0. The lowest BCUT2D eigenvalue weighted by Crippen LogP contribution is -2.11. The van der Waals surface area contributed by atoms with Gasteiger partial charge in [0.05, 0.1) is 24.7 Å². The molecule has 0 bridgehead atoms. The molecule has 0 unspecified atom stereocenters. The third-order valence-electron chi connectivity index (χ3n) is 3.50. The summed E-state index contributed by atoms with van der Waals surface area (Å²) >= 11 is 1.06. The van der Waals surface area contributed by atoms with Crippen molar-refractivity contribution in [3.8, 4) is 5.69 Å². The van der Waals surface area contributed by atoms with E-state index >= 15 is 0 Å². The van der Waals surface area contributed by atoms with Crippen LogP contribution in [0, 0.1) is 13.8 Å². The van der Waals surface area contributed by atoms with Crippen LogP contribution in [0.4, 0.5) is 5.13 Å². The van der Waals surface area contributed by atoms with Gasteiger partial charge in [0.1, 0.15) is 4.88 Å². The number of carbonyl (C=O) groups excluding carboxylic acids is 2. The number of amides is 1. The van der Waals surface area contributed by atoms with Crippen molar-refractivity contribution in [2.75, 3.05) is 12.4 Å². The van der Waals surface area contributed by atoms with Gasteiger partial charge in [0, 0.05) is 11.3 Å². The standard InChI is InChI=1S/C17H16N4O3S/c1-10-8-11(2)21(20-10)13-6-4-12(5-7-13)15(22)19-17-18-9-14(25-17)16(23)24-3/h4-9H,1-3H3,(H,18,19,22). The maximum Gasteiger partial charge on any atom is 0.349 e. The summed E-state index contributed by atoms with van der Waals surface area (Å²) in [7, 11) is 1.30. The molecule has 0 aliphatic rings. The average molecular weight is 356 g/mol. The highest BCUT2D eigenvalue weighted by molar-refractivity contribution is 7.17. The van der Waals surface area contributed by atoms with E-state index in [0.29, 0.717) is 15.6 Å². The van der Waals surface area contributed by atoms with Crippen molar-refractivity contribution in [1.29, 1.82) is 0 Å². The van der Waals surface area contributed by atoms with Gasteiger partial charge in [0.25, 0.3) is 5.91 Å². The van der Waals surface area contributed by atoms with Gasteiger partial charge in [0.2, 0.25) is 0 Å². The van der Waals surface area contributed by atoms with E-state index in [1.165, 1.54) is 13.3 Å². The third kappa shape index (κ3) is 3.58. The topological polar surface area (TPSA) is 86.1 Å². The second kappa shape index (κ2) is 6.86. The van der Waals surface area contributed by atoms with E-state index in [1.54, 1.807) is 12.1 Å². The molecule has 2 aromatic heterocycles. The van der Waals surface area contributed by atoms with Crippen molar-refractivity contribution in [3.63, 3.8) is 0 Å². The zero-order valence-corrected chi connectivity index (χ0v) is 14.8. The quantitative estimate of drug-likeness (QED) is 0.726. The molecule has 0 aliphatic carbocycles. The maximum atomic E-state index is 12.3. The number of anilines is 1. The van der Waals surface area contributed by atoms with Gasteiger partial charge in [-0.15, -0.1) is 0 Å². The van der Waals surface area contributed by atoms with Gasteiger partial charge in [-0.05, 0) is 44.2 Å². The molecule has 8 heteroatoms. The number of hydrogen-bond acceptors (Lipinski definition) is 6. The highest BCUT2D eigenvalue weighted by Gasteiger charge is 2.13. The van der Waals surface area contributed by atoms with Crippen LogP contribution >= 0.6 is 11.3 Å². The highest BCUT2D eigenvalue weighted by Crippen LogP contribution is 2.20. The summed E-state index contributed by atoms with van der Waals surface area (Å²) in [6.45, 7) is 3.91. The molecule has 128 valence electrons. The van der Waals surface area contributed by atoms with E-state index in [-0.39, 0.29) is 5.91 Å². The van der Waals surface area contributed by atoms with E-state index in [0.717, 1.165) is 28.4 Å². The molecule has 0 radical (unpaired) electrons. The van der Waals surface area contributed by atoms with Crippen molar-refractivity contribution in [2.24, 2.45) is 0 Å². The predicted octanol–water partition coefficient (Wildman–Crippen LogP) is 2.98. The van der Waals surface area contributed by atoms with Gasteiger partial charge in [-0.1, -0.05) is 11.3 Å². The molecule has 7 nitrogen and oxygen atoms in total. The van der Waals surface area contributed by atoms with E-state index in [4.69, 9.17) is 0 Å². The molecule has 1 aromatic carbocycles. The van der Waals surface area contributed by atoms with Crippen LogP contribution in [0.3, 0.4) is 0 Å². The summed E-state index contributed by atoms with van der Waals surface area (Å²) in [5, 5.41) is 7.43. The number of nitrogens with one attached hydrogen (secondary N) is 1. The third-order valence-corrected chi connectivity index (χ3v) is 4.39. The van der Waals surface area contributed by atoms with Crippen molar-refractivity contribution in [2.45, 2.75) is 13.8 Å². The average Bonchev–Trinajstić information content (AvgIpc) is 3.20. The summed E-state index contributed by atoms with van der Waals surface area (Å²) < 4.78 is 6.44. The van der Waals surface area contributed by atoms with Crippen LogP contribution in [0.25, 0.3) is 5.69 Å². The number of methoxy groups -OCH3 is 1. The Hall–Kier alpha value is -3.00. The molecule has 3 rings (SSSR count). The maximum absolute atomic E-state index is 12.3. The van der Waals surface area contributed by atoms with Crippen molar-refractivity contribution >= 4 is 28.3 Å². The van der Waals surface area contributed by atoms with Gasteiger partial charge in [-0.3, -0.25) is 10.1 Å². The Kier molecular flexibility index (Phi) is 4.62. The number of rotatable bonds is 4. The van der Waals surface area contributed by atoms with Gasteiger partial charge >= 0.3 is 5.97 Å². The summed E-state index contributed by atoms with van der Waals surface area (Å²) in [5.41, 5.74) is 3.32. The molecule has 1 N–H and O–H groups in total. The van der Waals surface area contributed by atoms with Gasteiger partial charge in [-0.2, -0.15) is 5.10 Å². The molecule has 2 heterocycles. The number of aryl methyl sites for hydroxylation is 2. The van der Waals surface area contributed by atoms with Crippen LogP contribution in [-0.2, 0) is 4.74 Å². The largest absolute Gasteiger partial charge is 0.465 e. The smallest absolute Gasteiger partial charge is 0.349 e. The fraction of sp³-hybridized carbons (Fsp3) is 0.176. The Morgan fingerprint density at radius 3 is 2.52 bits per heavy atom. The summed E-state index contributed by atoms with van der Waals surface area (Å²) in [6.07, 6.45) is 1.37. The van der Waals surface area contributed by atoms with Crippen LogP contribution in [0.1, 0.15) is 31.4 Å². The molecule has 0 atom stereocenters. The molecular weight excluding hydrogens is 340 g/mol. The van der Waals surface area contributed by atoms with Crippen molar-refractivity contribution in [3.05, 3.63) is 58.4 Å². The molecule has 0 aliphatic heterocycles. The molecule has 3 aromatic rings. The normalized spacial score (nSPS) is 10.5. The lowest BCUT2D eigenvalue weighted by molar-refractivity contribution is 0.0606. The summed E-state index contributed by atoms with van der Waals surface area (Å²) in [5.74, 6) is -0.780. The summed E-state index contributed by atoms with van der Waals surface area (Å²) in [6, 6.07) is 9.08. The minimum Gasteiger partial charge on any atom is -0.465 e. The van der Waals surface area contributed by atoms with Crippen LogP contribution in [0.15, 0.2) is 36.5 Å². The fourth-order valence-corrected chi connectivity index (χ4v) is 3.07. The monoisotopic (exact) mass is 356 g/mol. The number of ether oxygens (including phenoxy) is 1. The number of esters is 1. The number of thiazole rings is 1. The van der Waals surface area contributed by atoms with Crippen LogP contribution in [0.5, 0.6) is 0 Å². The number of carbonyl (C=O) groups is 2. The Morgan fingerprint density at radius 1 is 1.20 bits per heavy atom. The first kappa shape index (κ1) is 16.8. The highest BCUT2D eigenvalue weighted by atomic mass is 32.1. The number of nitrogens with zero attached hydrogens (tertiary/aromatic N) is 3. The number of aromatic nitrogens is 3. The van der Waals surface area contributed by atoms with Crippen LogP contribution in [-0.4, -0.2) is 33.8 Å². The first-order valence-corrected chi connectivity index (χ1v) is 8.29. The van der Waals surface area contributed by atoms with E-state index < -0.39 is 5.97 Å². The fourth-order valence-electron chi connectivity index (χ4n) is 2.34. The van der Waals surface area contributed by atoms with E-state index in [1.807, 2.05) is 36.7 Å². The Balaban J connectivity index is 1.73. The zero-order chi connectivity index (χ0) is 18.0. The van der Waals surface area contributed by atoms with E-state index in [2.05, 4.69) is 20.1 Å². The zero-order valence-electron chi connectivity index (χ0n) is 13.9. The number of benzene rings is 1. The van der Waals surface area contributed by atoms with E-state index in [9.17, 15) is 9.59 Å². The van der Waals surface area contributed by atoms with Gasteiger partial charge in [0.15, 0.2) is 5.13 Å². The predicted molar refractivity (Wildman–Crippen MR) is 94.4 cm³/mol. The van der Waals surface area contributed by atoms with Gasteiger partial charge < -0.3 is 4.74 Å². The molecule has 0 spiro atoms. The molecule has 0 saturated carbocycles.